The Bertz CT molecular complexity index is 839. The van der Waals surface area contributed by atoms with Crippen LogP contribution in [0.25, 0.3) is 5.65 Å². The minimum atomic E-state index is -2.93. The molecule has 0 amide bonds. The Kier molecular flexibility index (Phi) is 4.96. The van der Waals surface area contributed by atoms with Gasteiger partial charge in [-0.05, 0) is 25.5 Å². The maximum absolute atomic E-state index is 13.9. The largest absolute Gasteiger partial charge is 0.291 e. The minimum Gasteiger partial charge on any atom is -0.269 e. The first kappa shape index (κ1) is 18.0. The molecule has 0 aliphatic carbocycles. The smallest absolute Gasteiger partial charge is 0.269 e. The maximum Gasteiger partial charge on any atom is 0.291 e. The molecule has 0 N–H and O–H groups in total. The normalized spacial score (nSPS) is 11.5. The van der Waals surface area contributed by atoms with Gasteiger partial charge < -0.3 is 0 Å². The van der Waals surface area contributed by atoms with Gasteiger partial charge in [-0.1, -0.05) is 36.8 Å². The van der Waals surface area contributed by atoms with Crippen molar-refractivity contribution in [2.24, 2.45) is 0 Å². The highest BCUT2D eigenvalue weighted by Crippen LogP contribution is 2.31. The lowest BCUT2D eigenvalue weighted by Gasteiger charge is -2.09. The fourth-order valence-electron chi connectivity index (χ4n) is 2.58. The topological polar surface area (TPSA) is 30.2 Å². The summed E-state index contributed by atoms with van der Waals surface area (Å²) in [6.07, 6.45) is 0.349. The average molecular weight is 335 g/mol. The van der Waals surface area contributed by atoms with Gasteiger partial charge in [-0.15, -0.1) is 0 Å². The summed E-state index contributed by atoms with van der Waals surface area (Å²) in [5, 5.41) is 4.11. The van der Waals surface area contributed by atoms with E-state index in [0.29, 0.717) is 12.1 Å². The molecule has 0 bridgehead atoms. The molecule has 0 saturated heterocycles. The van der Waals surface area contributed by atoms with Crippen molar-refractivity contribution in [3.05, 3.63) is 64.6 Å². The summed E-state index contributed by atoms with van der Waals surface area (Å²) in [7, 11) is 0. The third-order valence-electron chi connectivity index (χ3n) is 3.95. The molecule has 2 aromatic heterocycles. The summed E-state index contributed by atoms with van der Waals surface area (Å²) in [5.74, 6) is -2.93. The molecule has 0 fully saturated rings. The van der Waals surface area contributed by atoms with Crippen molar-refractivity contribution >= 4 is 5.65 Å². The molecular weight excluding hydrogens is 315 g/mol. The van der Waals surface area contributed by atoms with Gasteiger partial charge in [0.1, 0.15) is 5.69 Å². The monoisotopic (exact) mass is 335 g/mol. The number of halogens is 3. The molecule has 2 heterocycles. The Labute approximate surface area is 138 Å². The Morgan fingerprint density at radius 2 is 1.75 bits per heavy atom. The number of nitrogens with zero attached hydrogens (tertiary/aromatic N) is 3. The first-order valence-corrected chi connectivity index (χ1v) is 7.69. The molecule has 0 unspecified atom stereocenters. The van der Waals surface area contributed by atoms with Crippen LogP contribution < -0.4 is 0 Å². The standard InChI is InChI=1S/C18H19F2N3.FH/c1-4-18(19,20)16-11-17-21-13(3)9-15(23(17)22-16)10-14-7-5-12(2)6-8-14;/h5-9,11H,4,10H2,1-3H3;1H. The fraction of sp³-hybridized carbons (Fsp3) is 0.333. The lowest BCUT2D eigenvalue weighted by molar-refractivity contribution is -0.0130. The highest BCUT2D eigenvalue weighted by molar-refractivity contribution is 5.43. The van der Waals surface area contributed by atoms with Crippen LogP contribution in [0.15, 0.2) is 36.4 Å². The van der Waals surface area contributed by atoms with E-state index in [1.165, 1.54) is 23.1 Å². The molecule has 6 heteroatoms. The second-order valence-corrected chi connectivity index (χ2v) is 5.91. The van der Waals surface area contributed by atoms with Gasteiger partial charge in [0, 0.05) is 24.6 Å². The van der Waals surface area contributed by atoms with Crippen LogP contribution in [0.5, 0.6) is 0 Å². The predicted octanol–water partition coefficient (Wildman–Crippen LogP) is 4.59. The van der Waals surface area contributed by atoms with E-state index in [4.69, 9.17) is 0 Å². The third kappa shape index (κ3) is 3.42. The van der Waals surface area contributed by atoms with Crippen LogP contribution in [-0.4, -0.2) is 14.6 Å². The number of benzene rings is 1. The predicted molar refractivity (Wildman–Crippen MR) is 88.4 cm³/mol. The summed E-state index contributed by atoms with van der Waals surface area (Å²) in [4.78, 5) is 4.33. The van der Waals surface area contributed by atoms with E-state index in [2.05, 4.69) is 10.1 Å². The van der Waals surface area contributed by atoms with Crippen molar-refractivity contribution in [1.29, 1.82) is 0 Å². The zero-order valence-corrected chi connectivity index (χ0v) is 13.9. The van der Waals surface area contributed by atoms with Crippen molar-refractivity contribution in [3.8, 4) is 0 Å². The summed E-state index contributed by atoms with van der Waals surface area (Å²) in [6, 6.07) is 11.5. The molecule has 0 aliphatic rings. The number of hydrogen-bond acceptors (Lipinski definition) is 2. The van der Waals surface area contributed by atoms with Crippen LogP contribution >= 0.6 is 0 Å². The molecule has 0 saturated carbocycles. The zero-order chi connectivity index (χ0) is 16.6. The molecule has 0 aliphatic heterocycles. The van der Waals surface area contributed by atoms with E-state index in [9.17, 15) is 8.78 Å². The molecule has 24 heavy (non-hydrogen) atoms. The van der Waals surface area contributed by atoms with Gasteiger partial charge in [-0.25, -0.2) is 9.50 Å². The van der Waals surface area contributed by atoms with E-state index in [1.807, 2.05) is 44.2 Å². The van der Waals surface area contributed by atoms with Crippen LogP contribution in [0.3, 0.4) is 0 Å². The van der Waals surface area contributed by atoms with Crippen molar-refractivity contribution < 1.29 is 13.5 Å². The number of rotatable bonds is 4. The first-order valence-electron chi connectivity index (χ1n) is 7.69. The SMILES string of the molecule is CCC(F)(F)c1cc2nc(C)cc(Cc3ccc(C)cc3)n2n1.F. The van der Waals surface area contributed by atoms with Gasteiger partial charge in [0.05, 0.1) is 5.69 Å². The summed E-state index contributed by atoms with van der Waals surface area (Å²) in [5.41, 5.74) is 4.20. The summed E-state index contributed by atoms with van der Waals surface area (Å²) < 4.78 is 29.4. The van der Waals surface area contributed by atoms with Gasteiger partial charge in [0.25, 0.3) is 5.92 Å². The molecular formula is C18H20F3N3. The van der Waals surface area contributed by atoms with Crippen molar-refractivity contribution in [1.82, 2.24) is 14.6 Å². The molecule has 128 valence electrons. The van der Waals surface area contributed by atoms with E-state index >= 15 is 0 Å². The Morgan fingerprint density at radius 3 is 2.38 bits per heavy atom. The second kappa shape index (κ2) is 6.63. The maximum atomic E-state index is 13.9. The molecule has 0 radical (unpaired) electrons. The Balaban J connectivity index is 0.00000208. The Hall–Kier alpha value is -2.37. The van der Waals surface area contributed by atoms with Gasteiger partial charge in [0.2, 0.25) is 0 Å². The fourth-order valence-corrected chi connectivity index (χ4v) is 2.58. The third-order valence-corrected chi connectivity index (χ3v) is 3.95. The van der Waals surface area contributed by atoms with Crippen LogP contribution in [0.1, 0.15) is 41.6 Å². The summed E-state index contributed by atoms with van der Waals surface area (Å²) in [6.45, 7) is 5.35. The van der Waals surface area contributed by atoms with Crippen molar-refractivity contribution in [2.75, 3.05) is 0 Å². The van der Waals surface area contributed by atoms with E-state index in [0.717, 1.165) is 17.0 Å². The highest BCUT2D eigenvalue weighted by atomic mass is 19.3. The van der Waals surface area contributed by atoms with Crippen LogP contribution in [0, 0.1) is 13.8 Å². The molecule has 3 rings (SSSR count). The number of hydrogen-bond donors (Lipinski definition) is 0. The summed E-state index contributed by atoms with van der Waals surface area (Å²) >= 11 is 0. The zero-order valence-electron chi connectivity index (χ0n) is 13.9. The number of alkyl halides is 2. The number of aryl methyl sites for hydroxylation is 2. The van der Waals surface area contributed by atoms with Gasteiger partial charge in [0.15, 0.2) is 5.65 Å². The van der Waals surface area contributed by atoms with E-state index in [1.54, 1.807) is 0 Å². The molecule has 3 aromatic rings. The van der Waals surface area contributed by atoms with E-state index in [-0.39, 0.29) is 16.8 Å². The Morgan fingerprint density at radius 1 is 1.08 bits per heavy atom. The lowest BCUT2D eigenvalue weighted by atomic mass is 10.1. The minimum absolute atomic E-state index is 0. The van der Waals surface area contributed by atoms with Gasteiger partial charge in [-0.3, -0.25) is 4.70 Å². The second-order valence-electron chi connectivity index (χ2n) is 5.91. The van der Waals surface area contributed by atoms with Crippen LogP contribution in [-0.2, 0) is 12.3 Å². The quantitative estimate of drug-likeness (QED) is 0.698. The lowest BCUT2D eigenvalue weighted by Crippen LogP contribution is -2.12. The molecule has 3 nitrogen and oxygen atoms in total. The number of fused-ring (bicyclic) bond motifs is 1. The number of aromatic nitrogens is 3. The first-order chi connectivity index (χ1) is 10.9. The molecule has 0 spiro atoms. The van der Waals surface area contributed by atoms with Crippen LogP contribution in [0.4, 0.5) is 13.5 Å². The van der Waals surface area contributed by atoms with Crippen molar-refractivity contribution in [2.45, 2.75) is 39.5 Å². The molecule has 1 aromatic carbocycles. The van der Waals surface area contributed by atoms with E-state index < -0.39 is 5.92 Å². The van der Waals surface area contributed by atoms with Gasteiger partial charge >= 0.3 is 0 Å². The van der Waals surface area contributed by atoms with Crippen LogP contribution in [0.2, 0.25) is 0 Å². The average Bonchev–Trinajstić information content (AvgIpc) is 2.94. The molecule has 0 atom stereocenters. The van der Waals surface area contributed by atoms with Gasteiger partial charge in [-0.2, -0.15) is 13.9 Å². The van der Waals surface area contributed by atoms with Crippen molar-refractivity contribution in [3.63, 3.8) is 0 Å². The highest BCUT2D eigenvalue weighted by Gasteiger charge is 2.32.